The average Bonchev–Trinajstić information content (AvgIpc) is 2.45. The number of carbonyl (C=O) groups is 1. The van der Waals surface area contributed by atoms with E-state index in [1.165, 1.54) is 13.4 Å². The van der Waals surface area contributed by atoms with Crippen LogP contribution in [0, 0.1) is 5.92 Å². The Kier molecular flexibility index (Phi) is 4.57. The van der Waals surface area contributed by atoms with E-state index in [1.54, 1.807) is 12.1 Å². The van der Waals surface area contributed by atoms with E-state index >= 15 is 0 Å². The largest absolute Gasteiger partial charge is 0.467 e. The number of anilines is 2. The number of hydrogen-bond donors (Lipinski definition) is 2. The van der Waals surface area contributed by atoms with Gasteiger partial charge in [0.15, 0.2) is 0 Å². The molecule has 2 aromatic rings. The number of nitrogens with zero attached hydrogens (tertiary/aromatic N) is 2. The summed E-state index contributed by atoms with van der Waals surface area (Å²) in [5, 5.41) is 3.98. The molecule has 0 spiro atoms. The van der Waals surface area contributed by atoms with Crippen molar-refractivity contribution in [3.63, 3.8) is 0 Å². The molecule has 2 rings (SSSR count). The fourth-order valence-electron chi connectivity index (χ4n) is 2.18. The van der Waals surface area contributed by atoms with Gasteiger partial charge in [-0.1, -0.05) is 13.8 Å². The molecule has 0 bridgehead atoms. The number of methoxy groups -OCH3 is 1. The zero-order valence-electron chi connectivity index (χ0n) is 12.5. The molecule has 0 radical (unpaired) electrons. The Morgan fingerprint density at radius 3 is 2.81 bits per heavy atom. The Hall–Kier alpha value is -2.37. The van der Waals surface area contributed by atoms with Crippen molar-refractivity contribution in [1.29, 1.82) is 0 Å². The molecule has 1 heterocycles. The number of hydrogen-bond acceptors (Lipinski definition) is 6. The molecule has 6 nitrogen and oxygen atoms in total. The van der Waals surface area contributed by atoms with Gasteiger partial charge in [0.25, 0.3) is 0 Å². The lowest BCUT2D eigenvalue weighted by Gasteiger charge is -2.19. The van der Waals surface area contributed by atoms with Crippen molar-refractivity contribution in [3.05, 3.63) is 24.5 Å². The van der Waals surface area contributed by atoms with Crippen LogP contribution in [0.25, 0.3) is 10.9 Å². The first-order chi connectivity index (χ1) is 10.0. The molecular formula is C15H20N4O2. The highest BCUT2D eigenvalue weighted by Gasteiger charge is 2.21. The van der Waals surface area contributed by atoms with Crippen LogP contribution in [0.2, 0.25) is 0 Å². The minimum atomic E-state index is -0.439. The van der Waals surface area contributed by atoms with Crippen LogP contribution in [-0.4, -0.2) is 29.1 Å². The smallest absolute Gasteiger partial charge is 0.328 e. The Labute approximate surface area is 123 Å². The second kappa shape index (κ2) is 6.39. The highest BCUT2D eigenvalue weighted by atomic mass is 16.5. The van der Waals surface area contributed by atoms with Crippen molar-refractivity contribution in [2.75, 3.05) is 18.2 Å². The van der Waals surface area contributed by atoms with Crippen LogP contribution in [0.4, 0.5) is 11.5 Å². The molecule has 112 valence electrons. The molecule has 0 amide bonds. The number of rotatable bonds is 5. The molecule has 0 aliphatic heterocycles. The fourth-order valence-corrected chi connectivity index (χ4v) is 2.18. The number of carbonyl (C=O) groups excluding carboxylic acids is 1. The number of esters is 1. The summed E-state index contributed by atoms with van der Waals surface area (Å²) in [6.07, 6.45) is 2.11. The first-order valence-corrected chi connectivity index (χ1v) is 6.86. The summed E-state index contributed by atoms with van der Waals surface area (Å²) >= 11 is 0. The summed E-state index contributed by atoms with van der Waals surface area (Å²) < 4.78 is 4.85. The van der Waals surface area contributed by atoms with Crippen molar-refractivity contribution in [3.8, 4) is 0 Å². The second-order valence-electron chi connectivity index (χ2n) is 5.35. The molecule has 0 aliphatic carbocycles. The van der Waals surface area contributed by atoms with Crippen LogP contribution in [0.3, 0.4) is 0 Å². The minimum absolute atomic E-state index is 0.300. The number of benzene rings is 1. The Morgan fingerprint density at radius 1 is 1.38 bits per heavy atom. The quantitative estimate of drug-likeness (QED) is 0.647. The summed E-state index contributed by atoms with van der Waals surface area (Å²) in [5.74, 6) is 0.660. The Bertz CT molecular complexity index is 643. The second-order valence-corrected chi connectivity index (χ2v) is 5.35. The summed E-state index contributed by atoms with van der Waals surface area (Å²) in [6, 6.07) is 4.96. The Morgan fingerprint density at radius 2 is 2.14 bits per heavy atom. The first kappa shape index (κ1) is 15.0. The first-order valence-electron chi connectivity index (χ1n) is 6.86. The number of fused-ring (bicyclic) bond motifs is 1. The highest BCUT2D eigenvalue weighted by molar-refractivity contribution is 5.92. The van der Waals surface area contributed by atoms with E-state index < -0.39 is 6.04 Å². The van der Waals surface area contributed by atoms with Crippen LogP contribution in [0.1, 0.15) is 20.3 Å². The molecule has 1 aromatic carbocycles. The van der Waals surface area contributed by atoms with Gasteiger partial charge in [0.1, 0.15) is 18.2 Å². The van der Waals surface area contributed by atoms with E-state index in [4.69, 9.17) is 10.5 Å². The maximum absolute atomic E-state index is 11.9. The van der Waals surface area contributed by atoms with Crippen LogP contribution >= 0.6 is 0 Å². The van der Waals surface area contributed by atoms with E-state index in [0.29, 0.717) is 23.8 Å². The molecule has 1 atom stereocenters. The molecule has 1 aromatic heterocycles. The molecule has 0 saturated carbocycles. The molecule has 0 fully saturated rings. The van der Waals surface area contributed by atoms with Crippen molar-refractivity contribution in [2.24, 2.45) is 5.92 Å². The molecule has 3 N–H and O–H groups in total. The normalized spacial score (nSPS) is 12.4. The topological polar surface area (TPSA) is 90.1 Å². The van der Waals surface area contributed by atoms with Crippen molar-refractivity contribution in [1.82, 2.24) is 9.97 Å². The van der Waals surface area contributed by atoms with Gasteiger partial charge in [-0.15, -0.1) is 0 Å². The predicted molar refractivity (Wildman–Crippen MR) is 82.8 cm³/mol. The van der Waals surface area contributed by atoms with E-state index in [2.05, 4.69) is 29.1 Å². The van der Waals surface area contributed by atoms with Gasteiger partial charge in [-0.05, 0) is 30.5 Å². The lowest BCUT2D eigenvalue weighted by Crippen LogP contribution is -2.32. The summed E-state index contributed by atoms with van der Waals surface area (Å²) in [5.41, 5.74) is 7.13. The molecular weight excluding hydrogens is 268 g/mol. The number of aromatic nitrogens is 2. The molecule has 1 unspecified atom stereocenters. The standard InChI is InChI=1S/C15H20N4O2/c1-9(2)6-13(15(20)21-3)19-14-11-5-4-10(16)7-12(11)17-8-18-14/h4-5,7-9,13H,6,16H2,1-3H3,(H,17,18,19). The summed E-state index contributed by atoms with van der Waals surface area (Å²) in [6.45, 7) is 4.10. The number of ether oxygens (including phenoxy) is 1. The van der Waals surface area contributed by atoms with Crippen molar-refractivity contribution < 1.29 is 9.53 Å². The van der Waals surface area contributed by atoms with Gasteiger partial charge < -0.3 is 15.8 Å². The highest BCUT2D eigenvalue weighted by Crippen LogP contribution is 2.23. The third kappa shape index (κ3) is 3.59. The van der Waals surface area contributed by atoms with Gasteiger partial charge in [-0.25, -0.2) is 14.8 Å². The van der Waals surface area contributed by atoms with Gasteiger partial charge in [0.05, 0.1) is 12.6 Å². The van der Waals surface area contributed by atoms with Crippen LogP contribution in [0.15, 0.2) is 24.5 Å². The third-order valence-electron chi connectivity index (χ3n) is 3.16. The van der Waals surface area contributed by atoms with E-state index in [1.807, 2.05) is 6.07 Å². The van der Waals surface area contributed by atoms with Crippen LogP contribution in [-0.2, 0) is 9.53 Å². The minimum Gasteiger partial charge on any atom is -0.467 e. The lowest BCUT2D eigenvalue weighted by molar-refractivity contribution is -0.141. The molecule has 6 heteroatoms. The van der Waals surface area contributed by atoms with Crippen LogP contribution < -0.4 is 11.1 Å². The van der Waals surface area contributed by atoms with Gasteiger partial charge in [-0.2, -0.15) is 0 Å². The molecule has 21 heavy (non-hydrogen) atoms. The zero-order chi connectivity index (χ0) is 15.4. The van der Waals surface area contributed by atoms with Gasteiger partial charge >= 0.3 is 5.97 Å². The lowest BCUT2D eigenvalue weighted by atomic mass is 10.0. The number of nitrogens with one attached hydrogen (secondary N) is 1. The van der Waals surface area contributed by atoms with Crippen molar-refractivity contribution >= 4 is 28.4 Å². The summed E-state index contributed by atoms with van der Waals surface area (Å²) in [7, 11) is 1.39. The van der Waals surface area contributed by atoms with Crippen molar-refractivity contribution in [2.45, 2.75) is 26.3 Å². The maximum Gasteiger partial charge on any atom is 0.328 e. The predicted octanol–water partition coefficient (Wildman–Crippen LogP) is 2.21. The zero-order valence-corrected chi connectivity index (χ0v) is 12.5. The Balaban J connectivity index is 2.34. The maximum atomic E-state index is 11.9. The van der Waals surface area contributed by atoms with Gasteiger partial charge in [-0.3, -0.25) is 0 Å². The van der Waals surface area contributed by atoms with Gasteiger partial charge in [0, 0.05) is 11.1 Å². The van der Waals surface area contributed by atoms with E-state index in [0.717, 1.165) is 10.9 Å². The number of nitrogen functional groups attached to an aromatic ring is 1. The average molecular weight is 288 g/mol. The third-order valence-corrected chi connectivity index (χ3v) is 3.16. The summed E-state index contributed by atoms with van der Waals surface area (Å²) in [4.78, 5) is 20.3. The van der Waals surface area contributed by atoms with Gasteiger partial charge in [0.2, 0.25) is 0 Å². The van der Waals surface area contributed by atoms with E-state index in [9.17, 15) is 4.79 Å². The molecule has 0 saturated heterocycles. The van der Waals surface area contributed by atoms with Crippen LogP contribution in [0.5, 0.6) is 0 Å². The van der Waals surface area contributed by atoms with E-state index in [-0.39, 0.29) is 5.97 Å². The molecule has 0 aliphatic rings. The fraction of sp³-hybridized carbons (Fsp3) is 0.400. The monoisotopic (exact) mass is 288 g/mol. The number of nitrogens with two attached hydrogens (primary N) is 1. The SMILES string of the molecule is COC(=O)C(CC(C)C)Nc1ncnc2cc(N)ccc12.